The standard InChI is InChI=1S/C14H12BrClF2N4O2S/c15-10-11-12(24-13(10)14(17,18)7(19)5-23)6(3-8(16)22-11)21-4-9-20-1-2-25-9/h1-3,7,23H,4-5,19H2,(H,21,22)/t7-/m0/s1. The lowest BCUT2D eigenvalue weighted by Gasteiger charge is -2.19. The summed E-state index contributed by atoms with van der Waals surface area (Å²) >= 11 is 10.5. The van der Waals surface area contributed by atoms with Crippen LogP contribution >= 0.6 is 38.9 Å². The molecule has 3 rings (SSSR count). The quantitative estimate of drug-likeness (QED) is 0.492. The van der Waals surface area contributed by atoms with Crippen LogP contribution in [0.5, 0.6) is 0 Å². The molecule has 3 aromatic heterocycles. The highest BCUT2D eigenvalue weighted by atomic mass is 79.9. The number of aromatic nitrogens is 2. The first-order chi connectivity index (χ1) is 11.8. The normalized spacial score (nSPS) is 13.4. The average Bonchev–Trinajstić information content (AvgIpc) is 3.20. The molecule has 0 bridgehead atoms. The molecule has 1 atom stereocenters. The van der Waals surface area contributed by atoms with Gasteiger partial charge in [0.15, 0.2) is 11.3 Å². The number of alkyl halides is 2. The predicted octanol–water partition coefficient (Wildman–Crippen LogP) is 3.72. The first-order valence-corrected chi connectivity index (χ1v) is 9.05. The van der Waals surface area contributed by atoms with Crippen molar-refractivity contribution in [1.82, 2.24) is 9.97 Å². The van der Waals surface area contributed by atoms with Crippen LogP contribution in [0.2, 0.25) is 5.15 Å². The summed E-state index contributed by atoms with van der Waals surface area (Å²) in [4.78, 5) is 8.17. The number of hydrogen-bond acceptors (Lipinski definition) is 7. The molecule has 0 spiro atoms. The number of hydrogen-bond donors (Lipinski definition) is 3. The Morgan fingerprint density at radius 3 is 2.92 bits per heavy atom. The Balaban J connectivity index is 2.05. The van der Waals surface area contributed by atoms with Gasteiger partial charge in [-0.3, -0.25) is 0 Å². The van der Waals surface area contributed by atoms with Crippen LogP contribution in [0.4, 0.5) is 14.5 Å². The average molecular weight is 454 g/mol. The van der Waals surface area contributed by atoms with Crippen molar-refractivity contribution in [2.75, 3.05) is 11.9 Å². The van der Waals surface area contributed by atoms with Crippen molar-refractivity contribution >= 4 is 55.7 Å². The lowest BCUT2D eigenvalue weighted by Crippen LogP contribution is -2.41. The topological polar surface area (TPSA) is 97.2 Å². The van der Waals surface area contributed by atoms with Gasteiger partial charge < -0.3 is 20.6 Å². The maximum Gasteiger partial charge on any atom is 0.322 e. The molecule has 0 unspecified atom stereocenters. The highest BCUT2D eigenvalue weighted by molar-refractivity contribution is 9.10. The van der Waals surface area contributed by atoms with Gasteiger partial charge in [0.1, 0.15) is 15.7 Å². The molecular formula is C14H12BrClF2N4O2S. The van der Waals surface area contributed by atoms with Gasteiger partial charge in [-0.05, 0) is 15.9 Å². The van der Waals surface area contributed by atoms with E-state index >= 15 is 0 Å². The fourth-order valence-electron chi connectivity index (χ4n) is 2.15. The molecule has 0 amide bonds. The summed E-state index contributed by atoms with van der Waals surface area (Å²) in [5.74, 6) is -4.30. The molecular weight excluding hydrogens is 442 g/mol. The molecule has 4 N–H and O–H groups in total. The maximum atomic E-state index is 14.4. The third-order valence-corrected chi connectivity index (χ3v) is 5.14. The van der Waals surface area contributed by atoms with Crippen LogP contribution in [-0.2, 0) is 12.5 Å². The van der Waals surface area contributed by atoms with Gasteiger partial charge in [0.05, 0.1) is 29.4 Å². The van der Waals surface area contributed by atoms with Gasteiger partial charge in [-0.2, -0.15) is 8.78 Å². The first-order valence-electron chi connectivity index (χ1n) is 7.00. The highest BCUT2D eigenvalue weighted by Gasteiger charge is 2.45. The summed E-state index contributed by atoms with van der Waals surface area (Å²) in [6.45, 7) is -0.535. The van der Waals surface area contributed by atoms with Gasteiger partial charge in [-0.15, -0.1) is 11.3 Å². The van der Waals surface area contributed by atoms with Gasteiger partial charge in [-0.1, -0.05) is 11.6 Å². The Kier molecular flexibility index (Phi) is 5.26. The molecule has 25 heavy (non-hydrogen) atoms. The zero-order valence-electron chi connectivity index (χ0n) is 12.5. The number of furan rings is 1. The molecule has 0 radical (unpaired) electrons. The molecule has 0 fully saturated rings. The van der Waals surface area contributed by atoms with Crippen molar-refractivity contribution in [3.05, 3.63) is 38.0 Å². The molecule has 134 valence electrons. The third kappa shape index (κ3) is 3.49. The predicted molar refractivity (Wildman–Crippen MR) is 95.1 cm³/mol. The lowest BCUT2D eigenvalue weighted by atomic mass is 10.1. The fraction of sp³-hybridized carbons (Fsp3) is 0.286. The molecule has 0 saturated heterocycles. The van der Waals surface area contributed by atoms with E-state index < -0.39 is 24.3 Å². The Hall–Kier alpha value is -1.33. The van der Waals surface area contributed by atoms with Crippen LogP contribution in [0, 0.1) is 0 Å². The molecule has 0 aromatic carbocycles. The number of nitrogens with one attached hydrogen (secondary N) is 1. The Morgan fingerprint density at radius 2 is 2.28 bits per heavy atom. The molecule has 11 heteroatoms. The third-order valence-electron chi connectivity index (χ3n) is 3.43. The number of aliphatic hydroxyl groups excluding tert-OH is 1. The summed E-state index contributed by atoms with van der Waals surface area (Å²) in [7, 11) is 0. The molecule has 3 aromatic rings. The monoisotopic (exact) mass is 452 g/mol. The van der Waals surface area contributed by atoms with Crippen molar-refractivity contribution in [2.45, 2.75) is 18.5 Å². The molecule has 0 aliphatic carbocycles. The van der Waals surface area contributed by atoms with E-state index in [-0.39, 0.29) is 20.7 Å². The number of fused-ring (bicyclic) bond motifs is 1. The summed E-state index contributed by atoms with van der Waals surface area (Å²) in [5, 5.41) is 14.8. The number of anilines is 1. The minimum absolute atomic E-state index is 0.0591. The zero-order valence-corrected chi connectivity index (χ0v) is 15.6. The fourth-order valence-corrected chi connectivity index (χ4v) is 3.51. The van der Waals surface area contributed by atoms with Crippen molar-refractivity contribution in [3.8, 4) is 0 Å². The Labute approximate surface area is 158 Å². The zero-order chi connectivity index (χ0) is 18.2. The van der Waals surface area contributed by atoms with Crippen LogP contribution in [0.1, 0.15) is 10.8 Å². The van der Waals surface area contributed by atoms with Crippen LogP contribution in [0.3, 0.4) is 0 Å². The first kappa shape index (κ1) is 18.5. The minimum atomic E-state index is -3.59. The van der Waals surface area contributed by atoms with Gasteiger partial charge in [0.2, 0.25) is 0 Å². The minimum Gasteiger partial charge on any atom is -0.449 e. The van der Waals surface area contributed by atoms with Crippen molar-refractivity contribution in [1.29, 1.82) is 0 Å². The second-order valence-electron chi connectivity index (χ2n) is 5.11. The van der Waals surface area contributed by atoms with E-state index in [0.717, 1.165) is 5.01 Å². The van der Waals surface area contributed by atoms with Crippen molar-refractivity contribution in [3.63, 3.8) is 0 Å². The number of nitrogens with two attached hydrogens (primary N) is 1. The van der Waals surface area contributed by atoms with E-state index in [1.165, 1.54) is 17.4 Å². The molecule has 0 saturated carbocycles. The number of halogens is 4. The summed E-state index contributed by atoms with van der Waals surface area (Å²) < 4.78 is 34.1. The SMILES string of the molecule is N[C@@H](CO)C(F)(F)c1oc2c(NCc3nccs3)cc(Cl)nc2c1Br. The Bertz CT molecular complexity index is 891. The van der Waals surface area contributed by atoms with Gasteiger partial charge in [0, 0.05) is 17.6 Å². The smallest absolute Gasteiger partial charge is 0.322 e. The molecule has 3 heterocycles. The maximum absolute atomic E-state index is 14.4. The number of nitrogens with zero attached hydrogens (tertiary/aromatic N) is 2. The summed E-state index contributed by atoms with van der Waals surface area (Å²) in [6, 6.07) is -0.340. The second-order valence-corrected chi connectivity index (χ2v) is 7.27. The van der Waals surface area contributed by atoms with Crippen molar-refractivity contribution in [2.24, 2.45) is 5.73 Å². The molecule has 0 aliphatic rings. The van der Waals surface area contributed by atoms with E-state index in [1.807, 2.05) is 5.38 Å². The van der Waals surface area contributed by atoms with Crippen LogP contribution in [0.15, 0.2) is 26.5 Å². The van der Waals surface area contributed by atoms with Crippen LogP contribution < -0.4 is 11.1 Å². The highest BCUT2D eigenvalue weighted by Crippen LogP contribution is 2.43. The lowest BCUT2D eigenvalue weighted by molar-refractivity contribution is -0.0636. The number of thiazole rings is 1. The van der Waals surface area contributed by atoms with Crippen LogP contribution in [-0.4, -0.2) is 27.7 Å². The van der Waals surface area contributed by atoms with E-state index in [2.05, 4.69) is 31.2 Å². The molecule has 0 aliphatic heterocycles. The van der Waals surface area contributed by atoms with E-state index in [9.17, 15) is 8.78 Å². The van der Waals surface area contributed by atoms with Gasteiger partial charge in [-0.25, -0.2) is 9.97 Å². The largest absolute Gasteiger partial charge is 0.449 e. The number of rotatable bonds is 6. The van der Waals surface area contributed by atoms with Gasteiger partial charge >= 0.3 is 5.92 Å². The molecule has 6 nitrogen and oxygen atoms in total. The second kappa shape index (κ2) is 7.12. The Morgan fingerprint density at radius 1 is 1.52 bits per heavy atom. The van der Waals surface area contributed by atoms with Crippen molar-refractivity contribution < 1.29 is 18.3 Å². The van der Waals surface area contributed by atoms with Crippen LogP contribution in [0.25, 0.3) is 11.1 Å². The van der Waals surface area contributed by atoms with E-state index in [1.54, 1.807) is 6.20 Å². The van der Waals surface area contributed by atoms with E-state index in [4.69, 9.17) is 26.9 Å². The van der Waals surface area contributed by atoms with Gasteiger partial charge in [0.25, 0.3) is 0 Å². The number of pyridine rings is 1. The van der Waals surface area contributed by atoms with E-state index in [0.29, 0.717) is 12.2 Å². The summed E-state index contributed by atoms with van der Waals surface area (Å²) in [5.41, 5.74) is 5.95. The number of aliphatic hydroxyl groups is 1. The summed E-state index contributed by atoms with van der Waals surface area (Å²) in [6.07, 6.45) is 1.66.